The summed E-state index contributed by atoms with van der Waals surface area (Å²) in [5, 5.41) is 1.72. The second kappa shape index (κ2) is 23.1. The number of methoxy groups -OCH3 is 2. The van der Waals surface area contributed by atoms with Crippen molar-refractivity contribution in [2.24, 2.45) is 0 Å². The van der Waals surface area contributed by atoms with Gasteiger partial charge in [0, 0.05) is 39.4 Å². The topological polar surface area (TPSA) is 132 Å². The summed E-state index contributed by atoms with van der Waals surface area (Å²) < 4.78 is 110. The summed E-state index contributed by atoms with van der Waals surface area (Å²) >= 11 is 9.50. The number of nitrogens with zero attached hydrogens (tertiary/aromatic N) is 5. The van der Waals surface area contributed by atoms with E-state index in [4.69, 9.17) is 21.1 Å². The quantitative estimate of drug-likeness (QED) is 0.102. The molecule has 1 unspecified atom stereocenters. The number of fused-ring (bicyclic) bond motifs is 5. The van der Waals surface area contributed by atoms with E-state index in [2.05, 4.69) is 30.9 Å². The van der Waals surface area contributed by atoms with Gasteiger partial charge in [-0.15, -0.1) is 0 Å². The molecule has 10 aromatic rings. The van der Waals surface area contributed by atoms with Crippen LogP contribution in [0.1, 0.15) is 91.4 Å². The molecule has 0 bridgehead atoms. The van der Waals surface area contributed by atoms with Crippen molar-refractivity contribution >= 4 is 83.9 Å². The van der Waals surface area contributed by atoms with Gasteiger partial charge in [-0.3, -0.25) is 34.0 Å². The lowest BCUT2D eigenvalue weighted by Crippen LogP contribution is -2.33. The first kappa shape index (κ1) is 57.2. The zero-order valence-corrected chi connectivity index (χ0v) is 46.6. The molecule has 83 heavy (non-hydrogen) atoms. The van der Waals surface area contributed by atoms with Crippen molar-refractivity contribution in [3.8, 4) is 33.8 Å². The second-order valence-corrected chi connectivity index (χ2v) is 20.2. The summed E-state index contributed by atoms with van der Waals surface area (Å²) in [6, 6.07) is 28.9. The van der Waals surface area contributed by atoms with Crippen LogP contribution in [0.15, 0.2) is 144 Å². The van der Waals surface area contributed by atoms with Gasteiger partial charge in [-0.2, -0.15) is 0 Å². The minimum absolute atomic E-state index is 0.0754. The Morgan fingerprint density at radius 2 is 0.795 bits per heavy atom. The largest absolute Gasteiger partial charge is 0.495 e. The van der Waals surface area contributed by atoms with Crippen molar-refractivity contribution in [2.75, 3.05) is 14.2 Å². The molecule has 7 aromatic carbocycles. The first-order valence-electron chi connectivity index (χ1n) is 25.4. The summed E-state index contributed by atoms with van der Waals surface area (Å²) in [7, 11) is 2.69. The minimum Gasteiger partial charge on any atom is -0.495 e. The molecule has 2 aliphatic rings. The van der Waals surface area contributed by atoms with Crippen molar-refractivity contribution < 1.29 is 59.4 Å². The molecule has 11 nitrogen and oxygen atoms in total. The first-order valence-corrected chi connectivity index (χ1v) is 26.5. The van der Waals surface area contributed by atoms with Gasteiger partial charge in [0.15, 0.2) is 0 Å². The van der Waals surface area contributed by atoms with Gasteiger partial charge in [-0.05, 0) is 150 Å². The number of hydrogen-bond donors (Lipinski definition) is 0. The molecule has 2 aliphatic heterocycles. The SMILES string of the molecule is CCc1nc2ccc(F)cc2c(Cl)c1Br.COc1c(-c2cc(F)cc(F)c2)c(C(C)N2C(=O)c3ccccc3C2=O)nc2ccc(F)cc12.COc1c(-c2cc(F)cc(F)c2)c([C@H](C)N2C(=O)c3ccccc3C2=O)nc2ccc(F)cc12. The van der Waals surface area contributed by atoms with Crippen LogP contribution in [0, 0.1) is 40.7 Å². The number of ether oxygens (including phenoxy) is 2. The van der Waals surface area contributed by atoms with E-state index < -0.39 is 70.6 Å². The smallest absolute Gasteiger partial charge is 0.262 e. The molecule has 0 fully saturated rings. The summed E-state index contributed by atoms with van der Waals surface area (Å²) in [4.78, 5) is 68.2. The molecule has 0 aliphatic carbocycles. The van der Waals surface area contributed by atoms with Crippen LogP contribution in [-0.2, 0) is 6.42 Å². The zero-order valence-electron chi connectivity index (χ0n) is 44.2. The van der Waals surface area contributed by atoms with E-state index in [0.717, 1.165) is 68.3 Å². The number of halogens is 9. The van der Waals surface area contributed by atoms with Crippen LogP contribution in [0.5, 0.6) is 11.5 Å². The number of rotatable bonds is 9. The van der Waals surface area contributed by atoms with Crippen LogP contribution in [0.25, 0.3) is 55.0 Å². The van der Waals surface area contributed by atoms with Crippen LogP contribution < -0.4 is 9.47 Å². The molecule has 5 heterocycles. The van der Waals surface area contributed by atoms with E-state index in [-0.39, 0.29) is 84.0 Å². The fraction of sp³-hybridized carbons (Fsp3) is 0.127. The van der Waals surface area contributed by atoms with E-state index in [1.807, 2.05) is 6.92 Å². The zero-order chi connectivity index (χ0) is 59.3. The number of carbonyl (C=O) groups is 4. The monoisotopic (exact) mass is 1210 g/mol. The third-order valence-electron chi connectivity index (χ3n) is 14.0. The molecule has 0 spiro atoms. The maximum Gasteiger partial charge on any atom is 0.262 e. The third kappa shape index (κ3) is 10.6. The number of imide groups is 2. The fourth-order valence-electron chi connectivity index (χ4n) is 10.3. The number of benzene rings is 7. The molecule has 418 valence electrons. The molecule has 4 amide bonds. The molecule has 0 radical (unpaired) electrons. The van der Waals surface area contributed by atoms with Gasteiger partial charge in [0.2, 0.25) is 0 Å². The van der Waals surface area contributed by atoms with E-state index in [0.29, 0.717) is 21.4 Å². The number of aromatic nitrogens is 3. The summed E-state index contributed by atoms with van der Waals surface area (Å²) in [5.41, 5.74) is 4.12. The fourth-order valence-corrected chi connectivity index (χ4v) is 11.1. The number of pyridine rings is 3. The van der Waals surface area contributed by atoms with Crippen molar-refractivity contribution in [3.63, 3.8) is 0 Å². The van der Waals surface area contributed by atoms with Gasteiger partial charge < -0.3 is 9.47 Å². The molecule has 0 saturated carbocycles. The molecule has 2 atom stereocenters. The predicted molar refractivity (Wildman–Crippen MR) is 302 cm³/mol. The number of amides is 4. The van der Waals surface area contributed by atoms with E-state index in [1.54, 1.807) is 68.4 Å². The van der Waals surface area contributed by atoms with E-state index >= 15 is 0 Å². The highest BCUT2D eigenvalue weighted by atomic mass is 79.9. The first-order chi connectivity index (χ1) is 39.7. The maximum absolute atomic E-state index is 14.2. The average Bonchev–Trinajstić information content (AvgIpc) is 3.52. The number of carbonyl (C=O) groups excluding carboxylic acids is 4. The van der Waals surface area contributed by atoms with Crippen molar-refractivity contribution in [1.29, 1.82) is 0 Å². The van der Waals surface area contributed by atoms with Gasteiger partial charge in [0.1, 0.15) is 52.2 Å². The Kier molecular flexibility index (Phi) is 15.9. The highest BCUT2D eigenvalue weighted by molar-refractivity contribution is 9.10. The highest BCUT2D eigenvalue weighted by Gasteiger charge is 2.42. The van der Waals surface area contributed by atoms with Gasteiger partial charge in [-0.25, -0.2) is 40.7 Å². The molecular formula is C63H42BrClF7N5O6. The van der Waals surface area contributed by atoms with Gasteiger partial charge in [-0.1, -0.05) is 42.8 Å². The molecule has 20 heteroatoms. The lowest BCUT2D eigenvalue weighted by Gasteiger charge is -2.26. The summed E-state index contributed by atoms with van der Waals surface area (Å²) in [6.07, 6.45) is 0.785. The Labute approximate surface area is 482 Å². The lowest BCUT2D eigenvalue weighted by molar-refractivity contribution is 0.0577. The van der Waals surface area contributed by atoms with Crippen LogP contribution in [0.4, 0.5) is 30.7 Å². The predicted octanol–water partition coefficient (Wildman–Crippen LogP) is 15.7. The van der Waals surface area contributed by atoms with Crippen LogP contribution >= 0.6 is 27.5 Å². The summed E-state index contributed by atoms with van der Waals surface area (Å²) in [5.74, 6) is -6.56. The average molecular weight is 1210 g/mol. The normalized spacial score (nSPS) is 13.4. The summed E-state index contributed by atoms with van der Waals surface area (Å²) in [6.45, 7) is 5.19. The lowest BCUT2D eigenvalue weighted by atomic mass is 9.95. The highest BCUT2D eigenvalue weighted by Crippen LogP contribution is 2.46. The second-order valence-electron chi connectivity index (χ2n) is 19.1. The van der Waals surface area contributed by atoms with Crippen molar-refractivity contribution in [2.45, 2.75) is 39.3 Å². The molecule has 3 aromatic heterocycles. The van der Waals surface area contributed by atoms with E-state index in [9.17, 15) is 49.9 Å². The molecule has 0 saturated heterocycles. The van der Waals surface area contributed by atoms with Crippen LogP contribution in [0.2, 0.25) is 5.02 Å². The Hall–Kier alpha value is -9.07. The third-order valence-corrected chi connectivity index (χ3v) is 15.5. The van der Waals surface area contributed by atoms with Gasteiger partial charge in [0.25, 0.3) is 23.6 Å². The standard InChI is InChI=1S/2C26H17F3N2O3.C11H8BrClFN/c2*1-13(31-25(32)18-5-3-4-6-19(18)26(31)33)23-22(14-9-16(28)11-17(29)10-14)24(34-2)20-12-15(27)7-8-21(20)30-23;1-2-8-10(12)11(13)7-5-6(14)3-4-9(7)15-8/h2*3-13H,1-2H3;3-5H,2H2,1H3/t13-;;/m0../s1. The van der Waals surface area contributed by atoms with Gasteiger partial charge >= 0.3 is 0 Å². The number of aryl methyl sites for hydroxylation is 1. The Balaban J connectivity index is 0.000000149. The van der Waals surface area contributed by atoms with E-state index in [1.165, 1.54) is 62.8 Å². The Morgan fingerprint density at radius 1 is 0.470 bits per heavy atom. The number of hydrogen-bond acceptors (Lipinski definition) is 9. The molecule has 0 N–H and O–H groups in total. The van der Waals surface area contributed by atoms with Crippen LogP contribution in [-0.4, -0.2) is 62.6 Å². The van der Waals surface area contributed by atoms with Crippen molar-refractivity contribution in [1.82, 2.24) is 24.8 Å². The van der Waals surface area contributed by atoms with Crippen LogP contribution in [0.3, 0.4) is 0 Å². The molecule has 12 rings (SSSR count). The Morgan fingerprint density at radius 3 is 1.12 bits per heavy atom. The van der Waals surface area contributed by atoms with Gasteiger partial charge in [0.05, 0.1) is 91.7 Å². The maximum atomic E-state index is 14.2. The minimum atomic E-state index is -0.933. The molecular weight excluding hydrogens is 1170 g/mol. The Bertz CT molecular complexity index is 4030. The van der Waals surface area contributed by atoms with Crippen molar-refractivity contribution in [3.05, 3.63) is 229 Å².